The Kier molecular flexibility index (Phi) is 10.0. The molecule has 1 aliphatic rings. The molecule has 0 radical (unpaired) electrons. The maximum absolute atomic E-state index is 6.20. The average Bonchev–Trinajstić information content (AvgIpc) is 3.38. The first kappa shape index (κ1) is 24.6. The van der Waals surface area contributed by atoms with E-state index < -0.39 is 0 Å². The molecule has 0 bridgehead atoms. The van der Waals surface area contributed by atoms with Crippen molar-refractivity contribution < 1.29 is 4.74 Å². The van der Waals surface area contributed by atoms with E-state index in [1.807, 2.05) is 41.3 Å². The summed E-state index contributed by atoms with van der Waals surface area (Å²) in [5.41, 5.74) is 1.04. The summed E-state index contributed by atoms with van der Waals surface area (Å²) in [5.74, 6) is 2.12. The summed E-state index contributed by atoms with van der Waals surface area (Å²) in [6.45, 7) is 8.54. The van der Waals surface area contributed by atoms with E-state index in [1.54, 1.807) is 7.11 Å². The van der Waals surface area contributed by atoms with Gasteiger partial charge in [-0.1, -0.05) is 18.5 Å². The van der Waals surface area contributed by atoms with Crippen LogP contribution in [0.1, 0.15) is 20.3 Å². The lowest BCUT2D eigenvalue weighted by Gasteiger charge is -2.22. The predicted molar refractivity (Wildman–Crippen MR) is 135 cm³/mol. The number of hydrogen-bond donors (Lipinski definition) is 2. The minimum Gasteiger partial charge on any atom is -0.495 e. The van der Waals surface area contributed by atoms with E-state index >= 15 is 0 Å². The van der Waals surface area contributed by atoms with Gasteiger partial charge in [0.05, 0.1) is 12.8 Å². The molecule has 9 heteroatoms. The monoisotopic (exact) mass is 546 g/mol. The van der Waals surface area contributed by atoms with Crippen LogP contribution < -0.4 is 20.3 Å². The Labute approximate surface area is 201 Å². The van der Waals surface area contributed by atoms with Gasteiger partial charge in [0, 0.05) is 56.2 Å². The summed E-state index contributed by atoms with van der Waals surface area (Å²) >= 11 is 6.20. The van der Waals surface area contributed by atoms with E-state index in [1.165, 1.54) is 0 Å². The van der Waals surface area contributed by atoms with E-state index in [9.17, 15) is 0 Å². The number of aliphatic imine (C=N–C) groups is 1. The maximum Gasteiger partial charge on any atom is 0.191 e. The fourth-order valence-electron chi connectivity index (χ4n) is 3.55. The number of halogens is 2. The smallest absolute Gasteiger partial charge is 0.191 e. The summed E-state index contributed by atoms with van der Waals surface area (Å²) in [7, 11) is 1.69. The first-order valence-electron chi connectivity index (χ1n) is 10.2. The third-order valence-electron chi connectivity index (χ3n) is 4.97. The third-order valence-corrected chi connectivity index (χ3v) is 5.21. The van der Waals surface area contributed by atoms with Crippen LogP contribution >= 0.6 is 35.6 Å². The lowest BCUT2D eigenvalue weighted by molar-refractivity contribution is 0.415. The number of rotatable bonds is 8. The van der Waals surface area contributed by atoms with Crippen LogP contribution in [-0.2, 0) is 6.54 Å². The summed E-state index contributed by atoms with van der Waals surface area (Å²) in [4.78, 5) is 7.10. The van der Waals surface area contributed by atoms with Gasteiger partial charge in [-0.2, -0.15) is 5.10 Å². The molecule has 1 saturated heterocycles. The van der Waals surface area contributed by atoms with Crippen molar-refractivity contribution in [2.24, 2.45) is 10.9 Å². The van der Waals surface area contributed by atoms with Gasteiger partial charge in [-0.05, 0) is 43.5 Å². The van der Waals surface area contributed by atoms with Crippen molar-refractivity contribution in [2.75, 3.05) is 38.2 Å². The zero-order valence-electron chi connectivity index (χ0n) is 17.8. The lowest BCUT2D eigenvalue weighted by Crippen LogP contribution is -2.45. The summed E-state index contributed by atoms with van der Waals surface area (Å²) in [6.07, 6.45) is 4.83. The standard InChI is InChI=1S/C21H31ClN6O.HI/c1-4-23-21(24-13-16(2)14-28-10-5-9-25-28)26-18-8-11-27(15-18)19-12-17(22)6-7-20(19)29-3;/h5-7,9-10,12,16,18H,4,8,11,13-15H2,1-3H3,(H2,23,24,26);1H. The zero-order chi connectivity index (χ0) is 20.6. The van der Waals surface area contributed by atoms with Gasteiger partial charge < -0.3 is 20.3 Å². The normalized spacial score (nSPS) is 17.4. The highest BCUT2D eigenvalue weighted by Gasteiger charge is 2.25. The van der Waals surface area contributed by atoms with Gasteiger partial charge in [0.15, 0.2) is 5.96 Å². The van der Waals surface area contributed by atoms with Crippen molar-refractivity contribution in [1.82, 2.24) is 20.4 Å². The Morgan fingerprint density at radius 2 is 2.27 bits per heavy atom. The van der Waals surface area contributed by atoms with Crippen molar-refractivity contribution in [3.05, 3.63) is 41.7 Å². The molecule has 0 spiro atoms. The molecular weight excluding hydrogens is 515 g/mol. The number of hydrogen-bond acceptors (Lipinski definition) is 4. The number of nitrogens with zero attached hydrogens (tertiary/aromatic N) is 4. The van der Waals surface area contributed by atoms with Crippen molar-refractivity contribution in [2.45, 2.75) is 32.9 Å². The van der Waals surface area contributed by atoms with E-state index in [2.05, 4.69) is 34.5 Å². The number of benzene rings is 1. The fraction of sp³-hybridized carbons (Fsp3) is 0.524. The highest BCUT2D eigenvalue weighted by molar-refractivity contribution is 14.0. The van der Waals surface area contributed by atoms with Crippen LogP contribution in [0.2, 0.25) is 5.02 Å². The minimum atomic E-state index is 0. The highest BCUT2D eigenvalue weighted by atomic mass is 127. The number of anilines is 1. The molecule has 1 aromatic heterocycles. The molecule has 30 heavy (non-hydrogen) atoms. The third kappa shape index (κ3) is 6.94. The Morgan fingerprint density at radius 1 is 1.43 bits per heavy atom. The van der Waals surface area contributed by atoms with Gasteiger partial charge in [0.1, 0.15) is 5.75 Å². The van der Waals surface area contributed by atoms with E-state index in [-0.39, 0.29) is 24.0 Å². The second-order valence-electron chi connectivity index (χ2n) is 7.45. The molecule has 0 aliphatic carbocycles. The highest BCUT2D eigenvalue weighted by Crippen LogP contribution is 2.33. The number of aromatic nitrogens is 2. The SMILES string of the molecule is CCNC(=NCC(C)Cn1cccn1)NC1CCN(c2cc(Cl)ccc2OC)C1.I. The van der Waals surface area contributed by atoms with Crippen LogP contribution in [-0.4, -0.2) is 55.1 Å². The summed E-state index contributed by atoms with van der Waals surface area (Å²) in [5, 5.41) is 11.9. The molecule has 2 aromatic rings. The van der Waals surface area contributed by atoms with Gasteiger partial charge in [-0.15, -0.1) is 24.0 Å². The zero-order valence-corrected chi connectivity index (χ0v) is 20.9. The molecule has 2 N–H and O–H groups in total. The van der Waals surface area contributed by atoms with Crippen LogP contribution in [0.3, 0.4) is 0 Å². The van der Waals surface area contributed by atoms with E-state index in [0.29, 0.717) is 12.0 Å². The molecule has 3 rings (SSSR count). The number of guanidine groups is 1. The molecule has 1 fully saturated rings. The molecule has 1 aromatic carbocycles. The predicted octanol–water partition coefficient (Wildman–Crippen LogP) is 3.63. The van der Waals surface area contributed by atoms with Crippen LogP contribution in [0, 0.1) is 5.92 Å². The molecule has 166 valence electrons. The first-order chi connectivity index (χ1) is 14.1. The largest absolute Gasteiger partial charge is 0.495 e. The quantitative estimate of drug-likeness (QED) is 0.301. The summed E-state index contributed by atoms with van der Waals surface area (Å²) in [6, 6.07) is 8.01. The molecule has 2 heterocycles. The lowest BCUT2D eigenvalue weighted by atomic mass is 10.2. The van der Waals surface area contributed by atoms with E-state index in [4.69, 9.17) is 21.3 Å². The van der Waals surface area contributed by atoms with Crippen molar-refractivity contribution in [3.8, 4) is 5.75 Å². The van der Waals surface area contributed by atoms with Gasteiger partial charge in [0.25, 0.3) is 0 Å². The first-order valence-corrected chi connectivity index (χ1v) is 10.6. The van der Waals surface area contributed by atoms with E-state index in [0.717, 1.165) is 61.6 Å². The van der Waals surface area contributed by atoms with Crippen molar-refractivity contribution in [3.63, 3.8) is 0 Å². The van der Waals surface area contributed by atoms with Gasteiger partial charge in [-0.3, -0.25) is 9.67 Å². The van der Waals surface area contributed by atoms with Crippen molar-refractivity contribution in [1.29, 1.82) is 0 Å². The second-order valence-corrected chi connectivity index (χ2v) is 7.88. The fourth-order valence-corrected chi connectivity index (χ4v) is 3.72. The second kappa shape index (κ2) is 12.2. The topological polar surface area (TPSA) is 66.7 Å². The van der Waals surface area contributed by atoms with Gasteiger partial charge >= 0.3 is 0 Å². The number of nitrogens with one attached hydrogen (secondary N) is 2. The molecule has 0 amide bonds. The number of ether oxygens (including phenoxy) is 1. The van der Waals surface area contributed by atoms with Crippen LogP contribution in [0.25, 0.3) is 0 Å². The van der Waals surface area contributed by atoms with Gasteiger partial charge in [-0.25, -0.2) is 0 Å². The molecular formula is C21H32ClIN6O. The maximum atomic E-state index is 6.20. The van der Waals surface area contributed by atoms with Crippen LogP contribution in [0.4, 0.5) is 5.69 Å². The Balaban J connectivity index is 0.00000320. The van der Waals surface area contributed by atoms with Crippen LogP contribution in [0.5, 0.6) is 5.75 Å². The Bertz CT molecular complexity index is 801. The number of methoxy groups -OCH3 is 1. The Hall–Kier alpha value is -1.68. The minimum absolute atomic E-state index is 0. The van der Waals surface area contributed by atoms with Crippen LogP contribution in [0.15, 0.2) is 41.7 Å². The summed E-state index contributed by atoms with van der Waals surface area (Å²) < 4.78 is 7.46. The molecule has 7 nitrogen and oxygen atoms in total. The molecule has 2 unspecified atom stereocenters. The molecule has 1 aliphatic heterocycles. The average molecular weight is 547 g/mol. The Morgan fingerprint density at radius 3 is 2.97 bits per heavy atom. The van der Waals surface area contributed by atoms with Crippen molar-refractivity contribution >= 4 is 47.2 Å². The molecule has 2 atom stereocenters. The van der Waals surface area contributed by atoms with Gasteiger partial charge in [0.2, 0.25) is 0 Å². The molecule has 0 saturated carbocycles.